The molecule has 5 aromatic rings. The molecule has 0 aliphatic carbocycles. The van der Waals surface area contributed by atoms with Gasteiger partial charge in [-0.2, -0.15) is 12.7 Å². The number of benzene rings is 2. The fourth-order valence-corrected chi connectivity index (χ4v) is 9.36. The number of nitrogens with zero attached hydrogens (tertiary/aromatic N) is 6. The first-order valence-electron chi connectivity index (χ1n) is 21.1. The van der Waals surface area contributed by atoms with Gasteiger partial charge < -0.3 is 30.5 Å². The van der Waals surface area contributed by atoms with Crippen molar-refractivity contribution in [1.82, 2.24) is 34.4 Å². The van der Waals surface area contributed by atoms with Gasteiger partial charge >= 0.3 is 10.2 Å². The highest BCUT2D eigenvalue weighted by atomic mass is 32.2. The van der Waals surface area contributed by atoms with Crippen LogP contribution in [0.15, 0.2) is 73.2 Å². The number of nitrogens with one attached hydrogen (secondary N) is 4. The summed E-state index contributed by atoms with van der Waals surface area (Å²) in [5.41, 5.74) is 2.60. The number of anilines is 3. The maximum absolute atomic E-state index is 15.6. The average Bonchev–Trinajstić information content (AvgIpc) is 3.71. The number of aromatic nitrogens is 3. The molecule has 62 heavy (non-hydrogen) atoms. The van der Waals surface area contributed by atoms with Crippen molar-refractivity contribution >= 4 is 50.1 Å². The molecule has 3 aliphatic heterocycles. The molecule has 8 rings (SSSR count). The lowest BCUT2D eigenvalue weighted by Crippen LogP contribution is -2.51. The molecule has 2 atom stereocenters. The van der Waals surface area contributed by atoms with Gasteiger partial charge in [-0.1, -0.05) is 19.1 Å². The first kappa shape index (κ1) is 43.1. The Balaban J connectivity index is 0.819. The molecule has 0 saturated carbocycles. The Bertz CT molecular complexity index is 2510. The predicted molar refractivity (Wildman–Crippen MR) is 234 cm³/mol. The predicted octanol–water partition coefficient (Wildman–Crippen LogP) is 4.75. The third kappa shape index (κ3) is 9.44. The number of rotatable bonds is 14. The average molecular weight is 871 g/mol. The minimum absolute atomic E-state index is 0.0165. The fraction of sp³-hybridized carbons (Fsp3) is 0.409. The van der Waals surface area contributed by atoms with Gasteiger partial charge in [0.25, 0.3) is 0 Å². The maximum Gasteiger partial charge on any atom is 0.301 e. The van der Waals surface area contributed by atoms with Crippen LogP contribution in [0.25, 0.3) is 22.2 Å². The molecule has 0 spiro atoms. The molecule has 1 amide bonds. The van der Waals surface area contributed by atoms with Gasteiger partial charge in [0.2, 0.25) is 11.7 Å². The summed E-state index contributed by atoms with van der Waals surface area (Å²) in [6, 6.07) is 15.7. The van der Waals surface area contributed by atoms with Crippen LogP contribution in [0.2, 0.25) is 0 Å². The number of fused-ring (bicyclic) bond motifs is 1. The number of pyridine rings is 2. The monoisotopic (exact) mass is 870 g/mol. The van der Waals surface area contributed by atoms with Crippen LogP contribution in [0.3, 0.4) is 0 Å². The third-order valence-electron chi connectivity index (χ3n) is 12.4. The zero-order chi connectivity index (χ0) is 43.5. The summed E-state index contributed by atoms with van der Waals surface area (Å²) < 4.78 is 58.8. The number of aliphatic hydroxyl groups excluding tert-OH is 1. The van der Waals surface area contributed by atoms with Crippen molar-refractivity contribution in [3.63, 3.8) is 0 Å². The van der Waals surface area contributed by atoms with Gasteiger partial charge in [-0.15, -0.1) is 0 Å². The highest BCUT2D eigenvalue weighted by Crippen LogP contribution is 2.32. The number of halogens is 2. The van der Waals surface area contributed by atoms with Gasteiger partial charge in [-0.25, -0.2) is 18.7 Å². The van der Waals surface area contributed by atoms with Crippen molar-refractivity contribution in [2.45, 2.75) is 50.8 Å². The Hall–Kier alpha value is -5.53. The Morgan fingerprint density at radius 2 is 1.63 bits per heavy atom. The molecule has 18 heteroatoms. The van der Waals surface area contributed by atoms with Crippen LogP contribution in [-0.4, -0.2) is 132 Å². The molecule has 328 valence electrons. The van der Waals surface area contributed by atoms with E-state index in [0.29, 0.717) is 35.4 Å². The number of aromatic amines is 1. The van der Waals surface area contributed by atoms with Gasteiger partial charge in [0, 0.05) is 106 Å². The number of H-pyrrole nitrogens is 1. The normalized spacial score (nSPS) is 19.5. The van der Waals surface area contributed by atoms with E-state index in [1.165, 1.54) is 18.8 Å². The van der Waals surface area contributed by atoms with Gasteiger partial charge in [-0.3, -0.25) is 19.2 Å². The van der Waals surface area contributed by atoms with Crippen LogP contribution < -0.4 is 20.3 Å². The summed E-state index contributed by atoms with van der Waals surface area (Å²) >= 11 is 0. The molecule has 3 fully saturated rings. The zero-order valence-electron chi connectivity index (χ0n) is 34.8. The number of likely N-dealkylation sites (tertiary alicyclic amines) is 1. The largest absolute Gasteiger partial charge is 0.378 e. The summed E-state index contributed by atoms with van der Waals surface area (Å²) in [6.45, 7) is 9.45. The number of hydrogen-bond acceptors (Lipinski definition) is 11. The lowest BCUT2D eigenvalue weighted by molar-refractivity contribution is -0.126. The van der Waals surface area contributed by atoms with Gasteiger partial charge in [0.05, 0.1) is 17.3 Å². The molecule has 3 aromatic heterocycles. The molecule has 0 radical (unpaired) electrons. The summed E-state index contributed by atoms with van der Waals surface area (Å²) in [5, 5.41) is 16.5. The second kappa shape index (κ2) is 18.4. The standard InChI is InChI=1S/C44H52F2N10O5S/c1-3-53(2)62(60,61)52-36-10-9-35(45)40(41(36)46)42(58)34-27-49-43-33(34)24-31(26-48-43)30-6-12-38(47-25-30)56-22-20-55(21-23-56)19-18-54-16-14-29(15-17-54)28-4-7-32(8-5-28)50-37-11-13-39(57)51-44(37)59/h4-10,12,24-27,29,37,44,50,52,59H,3,11,13-23H2,1-2H3,(H,48,49)(H,51,57). The minimum atomic E-state index is -4.13. The van der Waals surface area contributed by atoms with Crippen LogP contribution in [0.5, 0.6) is 0 Å². The smallest absolute Gasteiger partial charge is 0.301 e. The number of amides is 1. The number of carbonyl (C=O) groups is 2. The highest BCUT2D eigenvalue weighted by Gasteiger charge is 2.29. The van der Waals surface area contributed by atoms with Crippen molar-refractivity contribution in [2.75, 3.05) is 80.9 Å². The number of hydrogen-bond donors (Lipinski definition) is 5. The molecular formula is C44H52F2N10O5S. The Labute approximate surface area is 359 Å². The Morgan fingerprint density at radius 1 is 0.919 bits per heavy atom. The van der Waals surface area contributed by atoms with E-state index in [1.54, 1.807) is 25.4 Å². The van der Waals surface area contributed by atoms with Gasteiger partial charge in [0.1, 0.15) is 23.5 Å². The Kier molecular flexibility index (Phi) is 12.8. The van der Waals surface area contributed by atoms with Crippen LogP contribution >= 0.6 is 0 Å². The van der Waals surface area contributed by atoms with E-state index in [4.69, 9.17) is 4.98 Å². The summed E-state index contributed by atoms with van der Waals surface area (Å²) in [4.78, 5) is 44.6. The highest BCUT2D eigenvalue weighted by molar-refractivity contribution is 7.90. The van der Waals surface area contributed by atoms with Crippen LogP contribution in [0.1, 0.15) is 60.0 Å². The second-order valence-corrected chi connectivity index (χ2v) is 18.0. The quantitative estimate of drug-likeness (QED) is 0.0973. The van der Waals surface area contributed by atoms with Gasteiger partial charge in [-0.05, 0) is 86.3 Å². The van der Waals surface area contributed by atoms with Crippen molar-refractivity contribution in [2.24, 2.45) is 0 Å². The van der Waals surface area contributed by atoms with Crippen molar-refractivity contribution in [1.29, 1.82) is 0 Å². The fourth-order valence-electron chi connectivity index (χ4n) is 8.43. The third-order valence-corrected chi connectivity index (χ3v) is 13.9. The van der Waals surface area contributed by atoms with Gasteiger partial charge in [0.15, 0.2) is 5.82 Å². The molecule has 0 bridgehead atoms. The molecule has 5 N–H and O–H groups in total. The Morgan fingerprint density at radius 3 is 2.31 bits per heavy atom. The topological polar surface area (TPSA) is 179 Å². The molecule has 2 aromatic carbocycles. The zero-order valence-corrected chi connectivity index (χ0v) is 35.6. The van der Waals surface area contributed by atoms with Crippen molar-refractivity contribution < 1.29 is 31.9 Å². The lowest BCUT2D eigenvalue weighted by Gasteiger charge is -2.38. The van der Waals surface area contributed by atoms with Crippen LogP contribution in [-0.2, 0) is 15.0 Å². The van der Waals surface area contributed by atoms with Crippen molar-refractivity contribution in [3.8, 4) is 11.1 Å². The molecule has 6 heterocycles. The van der Waals surface area contributed by atoms with E-state index < -0.39 is 45.1 Å². The van der Waals surface area contributed by atoms with E-state index in [1.807, 2.05) is 12.1 Å². The summed E-state index contributed by atoms with van der Waals surface area (Å²) in [7, 11) is -2.82. The van der Waals surface area contributed by atoms with Crippen molar-refractivity contribution in [3.05, 3.63) is 102 Å². The molecule has 2 unspecified atom stereocenters. The molecule has 15 nitrogen and oxygen atoms in total. The number of aliphatic hydroxyl groups is 1. The number of ketones is 1. The molecule has 3 aliphatic rings. The number of piperidine rings is 2. The number of piperazine rings is 1. The maximum atomic E-state index is 15.6. The lowest BCUT2D eigenvalue weighted by atomic mass is 9.89. The van der Waals surface area contributed by atoms with E-state index in [-0.39, 0.29) is 24.1 Å². The first-order chi connectivity index (χ1) is 29.9. The molecular weight excluding hydrogens is 819 g/mol. The number of carbonyl (C=O) groups excluding carboxylic acids is 2. The van der Waals surface area contributed by atoms with Crippen LogP contribution in [0, 0.1) is 11.6 Å². The van der Waals surface area contributed by atoms with E-state index in [0.717, 1.165) is 98.7 Å². The first-order valence-corrected chi connectivity index (χ1v) is 22.5. The van der Waals surface area contributed by atoms with E-state index in [2.05, 4.69) is 64.3 Å². The van der Waals surface area contributed by atoms with E-state index >= 15 is 8.78 Å². The SMILES string of the molecule is CCN(C)S(=O)(=O)Nc1ccc(F)c(C(=O)c2c[nH]c3ncc(-c4ccc(N5CCN(CCN6CCC(c7ccc(NC8CCC(=O)NC8O)cc7)CC6)CC5)nc4)cc23)c1F. The second-order valence-electron chi connectivity index (χ2n) is 16.2. The summed E-state index contributed by atoms with van der Waals surface area (Å²) in [5.74, 6) is -2.14. The van der Waals surface area contributed by atoms with Crippen LogP contribution in [0.4, 0.5) is 26.0 Å². The molecule has 3 saturated heterocycles. The van der Waals surface area contributed by atoms with E-state index in [9.17, 15) is 23.1 Å². The minimum Gasteiger partial charge on any atom is -0.378 e. The summed E-state index contributed by atoms with van der Waals surface area (Å²) in [6.07, 6.45) is 7.08.